The molecule has 0 rings (SSSR count). The fourth-order valence-corrected chi connectivity index (χ4v) is 2.74. The second-order valence-corrected chi connectivity index (χ2v) is 6.46. The maximum Gasteiger partial charge on any atom is -0.0351 e. The van der Waals surface area contributed by atoms with E-state index >= 15 is 0 Å². The molecule has 0 amide bonds. The van der Waals surface area contributed by atoms with Gasteiger partial charge < -0.3 is 0 Å². The zero-order valence-electron chi connectivity index (χ0n) is 14.2. The van der Waals surface area contributed by atoms with Crippen molar-refractivity contribution in [1.29, 1.82) is 0 Å². The Morgan fingerprint density at radius 2 is 1.25 bits per heavy atom. The van der Waals surface area contributed by atoms with Crippen molar-refractivity contribution < 1.29 is 0 Å². The maximum atomic E-state index is 3.96. The minimum atomic E-state index is 0.845. The minimum Gasteiger partial charge on any atom is -0.0885 e. The van der Waals surface area contributed by atoms with Crippen molar-refractivity contribution in [2.45, 2.75) is 90.9 Å². The predicted octanol–water partition coefficient (Wildman–Crippen LogP) is 7.16. The van der Waals surface area contributed by atoms with Crippen LogP contribution in [0.2, 0.25) is 0 Å². The molecule has 1 atom stereocenters. The van der Waals surface area contributed by atoms with Gasteiger partial charge >= 0.3 is 0 Å². The van der Waals surface area contributed by atoms with Gasteiger partial charge in [-0.15, -0.1) is 0 Å². The van der Waals surface area contributed by atoms with Crippen LogP contribution < -0.4 is 0 Å². The number of unbranched alkanes of at least 4 members (excludes halogenated alkanes) is 7. The Morgan fingerprint density at radius 3 is 1.85 bits per heavy atom. The van der Waals surface area contributed by atoms with Gasteiger partial charge in [-0.2, -0.15) is 0 Å². The van der Waals surface area contributed by atoms with E-state index < -0.39 is 0 Å². The normalized spacial score (nSPS) is 13.4. The van der Waals surface area contributed by atoms with Gasteiger partial charge in [-0.05, 0) is 37.5 Å². The molecular weight excluding hydrogens is 240 g/mol. The molecule has 0 heteroatoms. The van der Waals surface area contributed by atoms with Crippen LogP contribution in [0.15, 0.2) is 12.2 Å². The maximum absolute atomic E-state index is 3.96. The van der Waals surface area contributed by atoms with Crippen molar-refractivity contribution in [2.24, 2.45) is 11.8 Å². The van der Waals surface area contributed by atoms with Crippen LogP contribution in [-0.4, -0.2) is 0 Å². The Morgan fingerprint density at radius 1 is 0.700 bits per heavy atom. The van der Waals surface area contributed by atoms with Gasteiger partial charge in [-0.25, -0.2) is 0 Å². The average Bonchev–Trinajstić information content (AvgIpc) is 2.43. The Bertz CT molecular complexity index is 202. The zero-order valence-corrected chi connectivity index (χ0v) is 14.2. The number of rotatable bonds is 14. The molecule has 0 spiro atoms. The quantitative estimate of drug-likeness (QED) is 0.233. The Hall–Kier alpha value is -0.260. The minimum absolute atomic E-state index is 0.845. The summed E-state index contributed by atoms with van der Waals surface area (Å²) in [5, 5.41) is 0. The van der Waals surface area contributed by atoms with Crippen LogP contribution in [0.1, 0.15) is 90.9 Å². The lowest BCUT2D eigenvalue weighted by atomic mass is 9.86. The first-order chi connectivity index (χ1) is 9.72. The van der Waals surface area contributed by atoms with Crippen molar-refractivity contribution in [2.75, 3.05) is 0 Å². The highest BCUT2D eigenvalue weighted by Crippen LogP contribution is 2.24. The molecule has 0 N–H and O–H groups in total. The average molecular weight is 279 g/mol. The van der Waals surface area contributed by atoms with E-state index in [2.05, 4.69) is 39.8 Å². The molecule has 0 heterocycles. The molecule has 0 saturated carbocycles. The van der Waals surface area contributed by atoms with Gasteiger partial charge in [0.2, 0.25) is 0 Å². The largest absolute Gasteiger partial charge is 0.0885 e. The molecular formula is C20H38. The fraction of sp³-hybridized carbons (Fsp3) is 0.800. The van der Waals surface area contributed by atoms with Crippen LogP contribution in [0.4, 0.5) is 0 Å². The van der Waals surface area contributed by atoms with Crippen LogP contribution in [0.25, 0.3) is 0 Å². The third kappa shape index (κ3) is 12.8. The van der Waals surface area contributed by atoms with Crippen molar-refractivity contribution in [3.8, 4) is 0 Å². The Balaban J connectivity index is 3.42. The van der Waals surface area contributed by atoms with Crippen LogP contribution in [0, 0.1) is 25.7 Å². The molecule has 0 fully saturated rings. The van der Waals surface area contributed by atoms with Gasteiger partial charge in [0.05, 0.1) is 0 Å². The molecule has 1 unspecified atom stereocenters. The first kappa shape index (κ1) is 19.7. The lowest BCUT2D eigenvalue weighted by Crippen LogP contribution is -2.08. The van der Waals surface area contributed by atoms with Gasteiger partial charge in [0.1, 0.15) is 0 Å². The van der Waals surface area contributed by atoms with E-state index in [0.717, 1.165) is 24.7 Å². The summed E-state index contributed by atoms with van der Waals surface area (Å²) in [4.78, 5) is 0. The van der Waals surface area contributed by atoms with Crippen LogP contribution in [0.3, 0.4) is 0 Å². The smallest absolute Gasteiger partial charge is 0.0351 e. The van der Waals surface area contributed by atoms with Gasteiger partial charge in [0.25, 0.3) is 0 Å². The molecule has 0 aromatic heterocycles. The zero-order chi connectivity index (χ0) is 15.1. The first-order valence-electron chi connectivity index (χ1n) is 8.95. The van der Waals surface area contributed by atoms with Crippen molar-refractivity contribution in [1.82, 2.24) is 0 Å². The van der Waals surface area contributed by atoms with E-state index in [9.17, 15) is 0 Å². The topological polar surface area (TPSA) is 0 Å². The number of allylic oxidation sites excluding steroid dienone is 2. The molecule has 0 aliphatic carbocycles. The van der Waals surface area contributed by atoms with Gasteiger partial charge in [0, 0.05) is 0 Å². The molecule has 0 bridgehead atoms. The van der Waals surface area contributed by atoms with Crippen LogP contribution in [0.5, 0.6) is 0 Å². The van der Waals surface area contributed by atoms with Crippen molar-refractivity contribution in [3.05, 3.63) is 26.0 Å². The van der Waals surface area contributed by atoms with Gasteiger partial charge in [-0.1, -0.05) is 91.2 Å². The summed E-state index contributed by atoms with van der Waals surface area (Å²) in [6.45, 7) is 12.6. The van der Waals surface area contributed by atoms with Crippen LogP contribution >= 0.6 is 0 Å². The molecule has 118 valence electrons. The predicted molar refractivity (Wildman–Crippen MR) is 93.6 cm³/mol. The molecule has 0 aromatic rings. The highest BCUT2D eigenvalue weighted by Gasteiger charge is 2.11. The Kier molecular flexibility index (Phi) is 14.9. The molecule has 0 saturated heterocycles. The number of hydrogen-bond acceptors (Lipinski definition) is 0. The van der Waals surface area contributed by atoms with E-state index in [0.29, 0.717) is 0 Å². The first-order valence-corrected chi connectivity index (χ1v) is 8.95. The fourth-order valence-electron chi connectivity index (χ4n) is 2.74. The van der Waals surface area contributed by atoms with E-state index in [-0.39, 0.29) is 0 Å². The summed E-state index contributed by atoms with van der Waals surface area (Å²) >= 11 is 0. The third-order valence-electron chi connectivity index (χ3n) is 4.25. The van der Waals surface area contributed by atoms with Gasteiger partial charge in [0.15, 0.2) is 0 Å². The summed E-state index contributed by atoms with van der Waals surface area (Å²) in [7, 11) is 0. The molecule has 0 aliphatic heterocycles. The van der Waals surface area contributed by atoms with Gasteiger partial charge in [-0.3, -0.25) is 0 Å². The summed E-state index contributed by atoms with van der Waals surface area (Å²) in [5.74, 6) is 1.77. The lowest BCUT2D eigenvalue weighted by Gasteiger charge is -2.20. The SMILES string of the molecule is [CH2]CCC/C=C/CCCCCCC(CCC[CH2])C(C)C. The number of hydrogen-bond donors (Lipinski definition) is 0. The van der Waals surface area contributed by atoms with Crippen molar-refractivity contribution in [3.63, 3.8) is 0 Å². The molecule has 20 heavy (non-hydrogen) atoms. The van der Waals surface area contributed by atoms with Crippen LogP contribution in [-0.2, 0) is 0 Å². The van der Waals surface area contributed by atoms with E-state index in [1.54, 1.807) is 0 Å². The second kappa shape index (κ2) is 15.1. The van der Waals surface area contributed by atoms with Crippen molar-refractivity contribution >= 4 is 0 Å². The van der Waals surface area contributed by atoms with E-state index in [1.807, 2.05) is 0 Å². The second-order valence-electron chi connectivity index (χ2n) is 6.46. The summed E-state index contributed by atoms with van der Waals surface area (Å²) in [6, 6.07) is 0. The summed E-state index contributed by atoms with van der Waals surface area (Å²) in [6.07, 6.45) is 20.3. The highest BCUT2D eigenvalue weighted by atomic mass is 14.2. The molecule has 0 aliphatic rings. The van der Waals surface area contributed by atoms with E-state index in [1.165, 1.54) is 64.2 Å². The molecule has 2 radical (unpaired) electrons. The summed E-state index contributed by atoms with van der Waals surface area (Å²) in [5.41, 5.74) is 0. The Labute approximate surface area is 129 Å². The monoisotopic (exact) mass is 278 g/mol. The van der Waals surface area contributed by atoms with E-state index in [4.69, 9.17) is 0 Å². The highest BCUT2D eigenvalue weighted by molar-refractivity contribution is 4.81. The molecule has 0 nitrogen and oxygen atoms in total. The lowest BCUT2D eigenvalue weighted by molar-refractivity contribution is 0.318. The molecule has 0 aromatic carbocycles. The third-order valence-corrected chi connectivity index (χ3v) is 4.25. The summed E-state index contributed by atoms with van der Waals surface area (Å²) < 4.78 is 0. The standard InChI is InChI=1S/C20H38/c1-5-7-9-10-11-12-13-14-15-16-18-20(19(3)4)17-8-6-2/h10-11,19-20H,1-2,5-9,12-18H2,3-4H3/b11-10+.